The maximum Gasteiger partial charge on any atom is 0.283 e. The average molecular weight is 540 g/mol. The van der Waals surface area contributed by atoms with Gasteiger partial charge in [0.2, 0.25) is 5.17 Å². The summed E-state index contributed by atoms with van der Waals surface area (Å²) in [4.78, 5) is 17.1. The number of nitrogens with one attached hydrogen (secondary N) is 1. The Bertz CT molecular complexity index is 1490. The Balaban J connectivity index is 1.18. The van der Waals surface area contributed by atoms with Crippen LogP contribution in [0.4, 0.5) is 0 Å². The average Bonchev–Trinajstić information content (AvgIpc) is 3.53. The van der Waals surface area contributed by atoms with Gasteiger partial charge in [0.25, 0.3) is 5.91 Å². The lowest BCUT2D eigenvalue weighted by molar-refractivity contribution is -0.114. The molecular formula is C31H33N5O2S. The molecule has 0 unspecified atom stereocenters. The largest absolute Gasteiger partial charge is 0.492 e. The standard InChI is InChI=1S/C31H33N5O2S/c1-2-8-28-34-36-29(32)26(30(37)33-31(36)39-28)19-23-20-35(27-12-7-6-11-25(23)27)17-18-38-24-15-13-22(14-16-24)21-9-4-3-5-10-21/h6-7,11-16,19-21,32H,2-5,8-10,17-18H2,1H3. The molecule has 200 valence electrons. The van der Waals surface area contributed by atoms with E-state index in [1.165, 1.54) is 54.4 Å². The third kappa shape index (κ3) is 5.30. The summed E-state index contributed by atoms with van der Waals surface area (Å²) < 4.78 is 8.25. The first-order valence-corrected chi connectivity index (χ1v) is 14.7. The second kappa shape index (κ2) is 11.2. The van der Waals surface area contributed by atoms with Gasteiger partial charge in [0.15, 0.2) is 5.84 Å². The van der Waals surface area contributed by atoms with Crippen LogP contribution in [0, 0.1) is 5.41 Å². The van der Waals surface area contributed by atoms with Crippen molar-refractivity contribution in [1.29, 1.82) is 5.41 Å². The Kier molecular flexibility index (Phi) is 7.37. The highest BCUT2D eigenvalue weighted by Gasteiger charge is 2.35. The fourth-order valence-corrected chi connectivity index (χ4v) is 6.60. The number of aromatic nitrogens is 1. The zero-order valence-electron chi connectivity index (χ0n) is 22.2. The zero-order chi connectivity index (χ0) is 26.8. The lowest BCUT2D eigenvalue weighted by atomic mass is 9.84. The maximum absolute atomic E-state index is 12.9. The topological polar surface area (TPSA) is 83.0 Å². The van der Waals surface area contributed by atoms with Crippen LogP contribution in [0.3, 0.4) is 0 Å². The number of hydrogen-bond donors (Lipinski definition) is 1. The SMILES string of the molecule is CCCC1=NN2C(=N)C(=Cc3cn(CCOc4ccc(C5CCCCC5)cc4)c4ccccc34)C(=O)N=C2S1. The minimum atomic E-state index is -0.400. The minimum absolute atomic E-state index is 0.0699. The quantitative estimate of drug-likeness (QED) is 0.307. The van der Waals surface area contributed by atoms with Gasteiger partial charge in [0, 0.05) is 22.7 Å². The molecule has 3 aliphatic rings. The third-order valence-corrected chi connectivity index (χ3v) is 8.61. The third-order valence-electron chi connectivity index (χ3n) is 7.64. The van der Waals surface area contributed by atoms with Gasteiger partial charge in [0.1, 0.15) is 17.4 Å². The summed E-state index contributed by atoms with van der Waals surface area (Å²) >= 11 is 1.38. The summed E-state index contributed by atoms with van der Waals surface area (Å²) in [5.74, 6) is 1.24. The molecule has 0 spiro atoms. The van der Waals surface area contributed by atoms with Gasteiger partial charge < -0.3 is 9.30 Å². The molecule has 1 aromatic heterocycles. The lowest BCUT2D eigenvalue weighted by Gasteiger charge is -2.22. The number of rotatable bonds is 8. The van der Waals surface area contributed by atoms with E-state index in [1.807, 2.05) is 24.4 Å². The number of hydrazone groups is 1. The number of aliphatic imine (C=N–C) groups is 1. The highest BCUT2D eigenvalue weighted by molar-refractivity contribution is 8.26. The van der Waals surface area contributed by atoms with Crippen molar-refractivity contribution in [3.8, 4) is 5.75 Å². The number of nitrogens with zero attached hydrogens (tertiary/aromatic N) is 4. The molecule has 2 aromatic carbocycles. The molecule has 0 bridgehead atoms. The number of ether oxygens (including phenoxy) is 1. The molecular weight excluding hydrogens is 506 g/mol. The number of fused-ring (bicyclic) bond motifs is 2. The van der Waals surface area contributed by atoms with Crippen LogP contribution in [0.1, 0.15) is 68.9 Å². The number of carbonyl (C=O) groups excluding carboxylic acids is 1. The normalized spacial score (nSPS) is 19.0. The molecule has 6 rings (SSSR count). The summed E-state index contributed by atoms with van der Waals surface area (Å²) in [7, 11) is 0. The smallest absolute Gasteiger partial charge is 0.283 e. The molecule has 7 nitrogen and oxygen atoms in total. The zero-order valence-corrected chi connectivity index (χ0v) is 23.0. The summed E-state index contributed by atoms with van der Waals surface area (Å²) in [6.45, 7) is 3.27. The lowest BCUT2D eigenvalue weighted by Crippen LogP contribution is -2.35. The summed E-state index contributed by atoms with van der Waals surface area (Å²) in [6, 6.07) is 16.7. The number of amidine groups is 2. The molecule has 1 fully saturated rings. The van der Waals surface area contributed by atoms with Crippen molar-refractivity contribution in [2.45, 2.75) is 64.3 Å². The van der Waals surface area contributed by atoms with Crippen LogP contribution in [-0.2, 0) is 11.3 Å². The van der Waals surface area contributed by atoms with Gasteiger partial charge in [-0.15, -0.1) is 0 Å². The Labute approximate surface area is 233 Å². The first-order valence-electron chi connectivity index (χ1n) is 13.9. The van der Waals surface area contributed by atoms with E-state index < -0.39 is 5.91 Å². The fourth-order valence-electron chi connectivity index (χ4n) is 5.61. The number of carbonyl (C=O) groups is 1. The summed E-state index contributed by atoms with van der Waals surface area (Å²) in [5, 5.41) is 17.1. The molecule has 1 N–H and O–H groups in total. The Morgan fingerprint density at radius 1 is 1.10 bits per heavy atom. The maximum atomic E-state index is 12.9. The Morgan fingerprint density at radius 3 is 2.69 bits per heavy atom. The van der Waals surface area contributed by atoms with Crippen LogP contribution in [0.5, 0.6) is 5.75 Å². The summed E-state index contributed by atoms with van der Waals surface area (Å²) in [6.07, 6.45) is 12.2. The van der Waals surface area contributed by atoms with Gasteiger partial charge >= 0.3 is 0 Å². The van der Waals surface area contributed by atoms with Crippen LogP contribution >= 0.6 is 11.8 Å². The van der Waals surface area contributed by atoms with Gasteiger partial charge in [-0.05, 0) is 73.2 Å². The van der Waals surface area contributed by atoms with E-state index in [0.29, 0.717) is 24.2 Å². The second-order valence-electron chi connectivity index (χ2n) is 10.3. The molecule has 1 amide bonds. The van der Waals surface area contributed by atoms with Crippen LogP contribution in [-0.4, -0.2) is 38.1 Å². The van der Waals surface area contributed by atoms with Crippen molar-refractivity contribution >= 4 is 50.7 Å². The van der Waals surface area contributed by atoms with Crippen molar-refractivity contribution in [3.63, 3.8) is 0 Å². The molecule has 39 heavy (non-hydrogen) atoms. The monoisotopic (exact) mass is 539 g/mol. The molecule has 3 heterocycles. The molecule has 1 aliphatic carbocycles. The predicted molar refractivity (Wildman–Crippen MR) is 160 cm³/mol. The van der Waals surface area contributed by atoms with E-state index >= 15 is 0 Å². The Morgan fingerprint density at radius 2 is 1.90 bits per heavy atom. The van der Waals surface area contributed by atoms with Crippen molar-refractivity contribution in [2.24, 2.45) is 10.1 Å². The van der Waals surface area contributed by atoms with E-state index in [2.05, 4.69) is 51.9 Å². The van der Waals surface area contributed by atoms with Crippen LogP contribution in [0.25, 0.3) is 17.0 Å². The number of thioether (sulfide) groups is 1. The van der Waals surface area contributed by atoms with Crippen molar-refractivity contribution < 1.29 is 9.53 Å². The van der Waals surface area contributed by atoms with E-state index in [9.17, 15) is 4.79 Å². The second-order valence-corrected chi connectivity index (χ2v) is 11.4. The minimum Gasteiger partial charge on any atom is -0.492 e. The van der Waals surface area contributed by atoms with Crippen LogP contribution in [0.2, 0.25) is 0 Å². The highest BCUT2D eigenvalue weighted by atomic mass is 32.2. The molecule has 1 saturated carbocycles. The number of hydrogen-bond acceptors (Lipinski definition) is 5. The van der Waals surface area contributed by atoms with E-state index in [1.54, 1.807) is 6.08 Å². The molecule has 8 heteroatoms. The van der Waals surface area contributed by atoms with Gasteiger partial charge in [-0.1, -0.05) is 56.5 Å². The van der Waals surface area contributed by atoms with Crippen molar-refractivity contribution in [2.75, 3.05) is 6.61 Å². The Hall–Kier alpha value is -3.65. The van der Waals surface area contributed by atoms with Crippen LogP contribution in [0.15, 0.2) is 70.4 Å². The molecule has 2 aliphatic heterocycles. The fraction of sp³-hybridized carbons (Fsp3) is 0.355. The predicted octanol–water partition coefficient (Wildman–Crippen LogP) is 7.19. The first-order chi connectivity index (χ1) is 19.1. The van der Waals surface area contributed by atoms with Crippen LogP contribution < -0.4 is 4.74 Å². The summed E-state index contributed by atoms with van der Waals surface area (Å²) in [5.41, 5.74) is 3.60. The van der Waals surface area contributed by atoms with E-state index in [0.717, 1.165) is 40.1 Å². The number of benzene rings is 2. The highest BCUT2D eigenvalue weighted by Crippen LogP contribution is 2.34. The van der Waals surface area contributed by atoms with Gasteiger partial charge in [0.05, 0.1) is 12.1 Å². The van der Waals surface area contributed by atoms with Crippen molar-refractivity contribution in [3.05, 3.63) is 71.4 Å². The number of para-hydroxylation sites is 1. The molecule has 0 saturated heterocycles. The van der Waals surface area contributed by atoms with Gasteiger partial charge in [-0.3, -0.25) is 10.2 Å². The molecule has 0 radical (unpaired) electrons. The van der Waals surface area contributed by atoms with Gasteiger partial charge in [-0.2, -0.15) is 15.1 Å². The molecule has 3 aromatic rings. The molecule has 0 atom stereocenters. The first kappa shape index (κ1) is 25.6. The van der Waals surface area contributed by atoms with Gasteiger partial charge in [-0.25, -0.2) is 0 Å². The van der Waals surface area contributed by atoms with Crippen molar-refractivity contribution in [1.82, 2.24) is 9.58 Å². The number of amides is 1. The van der Waals surface area contributed by atoms with E-state index in [-0.39, 0.29) is 11.4 Å². The van der Waals surface area contributed by atoms with E-state index in [4.69, 9.17) is 10.1 Å².